The highest BCUT2D eigenvalue weighted by atomic mass is 79.9. The van der Waals surface area contributed by atoms with Crippen LogP contribution >= 0.6 is 15.9 Å². The summed E-state index contributed by atoms with van der Waals surface area (Å²) >= 11 is 3.34. The van der Waals surface area contributed by atoms with Crippen molar-refractivity contribution in [3.05, 3.63) is 62.9 Å². The zero-order valence-electron chi connectivity index (χ0n) is 10.5. The molecule has 5 nitrogen and oxygen atoms in total. The van der Waals surface area contributed by atoms with E-state index in [1.807, 2.05) is 0 Å². The van der Waals surface area contributed by atoms with Gasteiger partial charge >= 0.3 is 5.63 Å². The first-order valence-electron chi connectivity index (χ1n) is 5.84. The third kappa shape index (κ3) is 2.08. The fraction of sp³-hybridized carbons (Fsp3) is 0.0714. The fourth-order valence-corrected chi connectivity index (χ4v) is 2.34. The number of aryl methyl sites for hydroxylation is 1. The van der Waals surface area contributed by atoms with Crippen LogP contribution in [0.4, 0.5) is 0 Å². The molecule has 0 aliphatic rings. The summed E-state index contributed by atoms with van der Waals surface area (Å²) in [6, 6.07) is 6.77. The largest absolute Gasteiger partial charge is 0.422 e. The molecule has 0 bridgehead atoms. The van der Waals surface area contributed by atoms with Crippen molar-refractivity contribution in [1.29, 1.82) is 0 Å². The smallest absolute Gasteiger partial charge is 0.349 e. The van der Waals surface area contributed by atoms with Gasteiger partial charge in [-0.2, -0.15) is 0 Å². The van der Waals surface area contributed by atoms with E-state index in [1.54, 1.807) is 25.1 Å². The summed E-state index contributed by atoms with van der Waals surface area (Å²) in [6.07, 6.45) is 3.02. The molecule has 0 aliphatic carbocycles. The molecule has 0 saturated carbocycles. The van der Waals surface area contributed by atoms with Crippen LogP contribution < -0.4 is 5.63 Å². The lowest BCUT2D eigenvalue weighted by atomic mass is 10.2. The average Bonchev–Trinajstić information content (AvgIpc) is 2.84. The van der Waals surface area contributed by atoms with Crippen molar-refractivity contribution in [3.8, 4) is 0 Å². The molecule has 3 rings (SSSR count). The molecule has 0 saturated heterocycles. The predicted octanol–water partition coefficient (Wildman–Crippen LogP) is 2.75. The number of halogens is 1. The van der Waals surface area contributed by atoms with E-state index in [2.05, 4.69) is 20.9 Å². The van der Waals surface area contributed by atoms with Crippen LogP contribution in [-0.2, 0) is 0 Å². The Balaban J connectivity index is 2.21. The van der Waals surface area contributed by atoms with E-state index in [4.69, 9.17) is 4.42 Å². The Labute approximate surface area is 122 Å². The van der Waals surface area contributed by atoms with Crippen LogP contribution in [0.2, 0.25) is 0 Å². The van der Waals surface area contributed by atoms with Gasteiger partial charge in [0, 0.05) is 22.3 Å². The molecule has 20 heavy (non-hydrogen) atoms. The van der Waals surface area contributed by atoms with Crippen molar-refractivity contribution >= 4 is 32.8 Å². The van der Waals surface area contributed by atoms with Crippen LogP contribution in [0.25, 0.3) is 11.0 Å². The van der Waals surface area contributed by atoms with Gasteiger partial charge in [-0.25, -0.2) is 9.78 Å². The zero-order chi connectivity index (χ0) is 14.3. The monoisotopic (exact) mass is 332 g/mol. The molecule has 0 fully saturated rings. The van der Waals surface area contributed by atoms with Crippen LogP contribution in [-0.4, -0.2) is 15.5 Å². The van der Waals surface area contributed by atoms with Crippen molar-refractivity contribution in [2.75, 3.05) is 0 Å². The number of carbonyl (C=O) groups is 1. The molecule has 0 aliphatic heterocycles. The molecule has 0 unspecified atom stereocenters. The van der Waals surface area contributed by atoms with Crippen LogP contribution in [0, 0.1) is 6.92 Å². The first-order chi connectivity index (χ1) is 9.56. The van der Waals surface area contributed by atoms with Gasteiger partial charge in [0.2, 0.25) is 0 Å². The first-order valence-corrected chi connectivity index (χ1v) is 6.63. The molecule has 0 radical (unpaired) electrons. The molecule has 0 amide bonds. The van der Waals surface area contributed by atoms with Crippen LogP contribution in [0.5, 0.6) is 0 Å². The summed E-state index contributed by atoms with van der Waals surface area (Å²) in [5.41, 5.74) is -0.230. The van der Waals surface area contributed by atoms with E-state index >= 15 is 0 Å². The van der Waals surface area contributed by atoms with Crippen molar-refractivity contribution < 1.29 is 9.21 Å². The van der Waals surface area contributed by atoms with Gasteiger partial charge in [-0.1, -0.05) is 15.9 Å². The van der Waals surface area contributed by atoms with Gasteiger partial charge in [0.25, 0.3) is 5.91 Å². The van der Waals surface area contributed by atoms with E-state index in [1.165, 1.54) is 23.0 Å². The average molecular weight is 333 g/mol. The quantitative estimate of drug-likeness (QED) is 0.643. The highest BCUT2D eigenvalue weighted by Gasteiger charge is 2.17. The van der Waals surface area contributed by atoms with E-state index in [0.717, 1.165) is 4.47 Å². The molecular formula is C14H9BrN2O3. The topological polar surface area (TPSA) is 65.1 Å². The Morgan fingerprint density at radius 3 is 2.85 bits per heavy atom. The minimum absolute atomic E-state index is 0.0169. The van der Waals surface area contributed by atoms with Crippen molar-refractivity contribution in [2.24, 2.45) is 0 Å². The maximum atomic E-state index is 12.3. The lowest BCUT2D eigenvalue weighted by molar-refractivity contribution is 0.0954. The van der Waals surface area contributed by atoms with E-state index in [9.17, 15) is 9.59 Å². The molecule has 0 spiro atoms. The normalized spacial score (nSPS) is 10.9. The predicted molar refractivity (Wildman–Crippen MR) is 76.9 cm³/mol. The van der Waals surface area contributed by atoms with Gasteiger partial charge in [0.1, 0.15) is 17.0 Å². The SMILES string of the molecule is Cc1nccn1C(=O)c1cc2cc(Br)ccc2oc1=O. The van der Waals surface area contributed by atoms with Gasteiger partial charge < -0.3 is 4.42 Å². The summed E-state index contributed by atoms with van der Waals surface area (Å²) in [7, 11) is 0. The Kier molecular flexibility index (Phi) is 3.02. The summed E-state index contributed by atoms with van der Waals surface area (Å²) < 4.78 is 7.33. The van der Waals surface area contributed by atoms with E-state index < -0.39 is 11.5 Å². The van der Waals surface area contributed by atoms with Crippen LogP contribution in [0.1, 0.15) is 16.2 Å². The second-order valence-corrected chi connectivity index (χ2v) is 5.19. The number of hydrogen-bond acceptors (Lipinski definition) is 4. The summed E-state index contributed by atoms with van der Waals surface area (Å²) in [6.45, 7) is 1.69. The maximum absolute atomic E-state index is 12.3. The number of benzene rings is 1. The Bertz CT molecular complexity index is 880. The molecule has 100 valence electrons. The standard InChI is InChI=1S/C14H9BrN2O3/c1-8-16-4-5-17(8)13(18)11-7-9-6-10(15)2-3-12(9)20-14(11)19/h2-7H,1H3. The summed E-state index contributed by atoms with van der Waals surface area (Å²) in [5.74, 6) is 0.0689. The van der Waals surface area contributed by atoms with E-state index in [0.29, 0.717) is 16.8 Å². The Morgan fingerprint density at radius 1 is 1.35 bits per heavy atom. The van der Waals surface area contributed by atoms with Gasteiger partial charge in [-0.05, 0) is 31.2 Å². The van der Waals surface area contributed by atoms with Gasteiger partial charge in [0.05, 0.1) is 0 Å². The van der Waals surface area contributed by atoms with Crippen LogP contribution in [0.3, 0.4) is 0 Å². The second kappa shape index (κ2) is 4.72. The lowest BCUT2D eigenvalue weighted by Gasteiger charge is -2.04. The highest BCUT2D eigenvalue weighted by Crippen LogP contribution is 2.19. The number of aromatic nitrogens is 2. The minimum atomic E-state index is -0.655. The Morgan fingerprint density at radius 2 is 2.15 bits per heavy atom. The number of carbonyl (C=O) groups excluding carboxylic acids is 1. The number of rotatable bonds is 1. The number of nitrogens with zero attached hydrogens (tertiary/aromatic N) is 2. The molecule has 1 aromatic carbocycles. The van der Waals surface area contributed by atoms with Crippen molar-refractivity contribution in [3.63, 3.8) is 0 Å². The molecule has 0 atom stereocenters. The van der Waals surface area contributed by atoms with Gasteiger partial charge in [-0.15, -0.1) is 0 Å². The number of imidazole rings is 1. The zero-order valence-corrected chi connectivity index (χ0v) is 12.0. The fourth-order valence-electron chi connectivity index (χ4n) is 1.97. The Hall–Kier alpha value is -2.21. The second-order valence-electron chi connectivity index (χ2n) is 4.28. The minimum Gasteiger partial charge on any atom is -0.422 e. The highest BCUT2D eigenvalue weighted by molar-refractivity contribution is 9.10. The van der Waals surface area contributed by atoms with Gasteiger partial charge in [-0.3, -0.25) is 9.36 Å². The summed E-state index contributed by atoms with van der Waals surface area (Å²) in [5, 5.41) is 0.681. The molecular weight excluding hydrogens is 324 g/mol. The van der Waals surface area contributed by atoms with Crippen molar-refractivity contribution in [2.45, 2.75) is 6.92 Å². The maximum Gasteiger partial charge on any atom is 0.349 e. The molecule has 6 heteroatoms. The first kappa shape index (κ1) is 12.8. The number of fused-ring (bicyclic) bond motifs is 1. The third-order valence-electron chi connectivity index (χ3n) is 2.97. The molecule has 0 N–H and O–H groups in total. The van der Waals surface area contributed by atoms with Gasteiger partial charge in [0.15, 0.2) is 0 Å². The summed E-state index contributed by atoms with van der Waals surface area (Å²) in [4.78, 5) is 28.2. The van der Waals surface area contributed by atoms with Crippen LogP contribution in [0.15, 0.2) is 50.3 Å². The number of hydrogen-bond donors (Lipinski definition) is 0. The van der Waals surface area contributed by atoms with E-state index in [-0.39, 0.29) is 5.56 Å². The molecule has 2 aromatic heterocycles. The molecule has 3 aromatic rings. The van der Waals surface area contributed by atoms with Crippen molar-refractivity contribution in [1.82, 2.24) is 9.55 Å². The molecule has 2 heterocycles. The lowest BCUT2D eigenvalue weighted by Crippen LogP contribution is -2.20. The third-order valence-corrected chi connectivity index (χ3v) is 3.46.